The fourth-order valence-electron chi connectivity index (χ4n) is 1.80. The van der Waals surface area contributed by atoms with E-state index in [1.54, 1.807) is 37.4 Å². The second kappa shape index (κ2) is 5.97. The van der Waals surface area contributed by atoms with Crippen LogP contribution in [0, 0.1) is 6.92 Å². The van der Waals surface area contributed by atoms with Crippen LogP contribution in [-0.4, -0.2) is 18.0 Å². The number of rotatable bonds is 5. The number of imidazole rings is 1. The van der Waals surface area contributed by atoms with Crippen LogP contribution in [0.15, 0.2) is 40.0 Å². The maximum absolute atomic E-state index is 12.3. The zero-order valence-electron chi connectivity index (χ0n) is 11.3. The van der Waals surface area contributed by atoms with Crippen molar-refractivity contribution in [2.45, 2.75) is 31.8 Å². The van der Waals surface area contributed by atoms with Crippen molar-refractivity contribution >= 4 is 31.6 Å². The molecule has 1 N–H and O–H groups in total. The number of hydrogen-bond acceptors (Lipinski definition) is 3. The van der Waals surface area contributed by atoms with Crippen molar-refractivity contribution in [1.29, 1.82) is 0 Å². The monoisotopic (exact) mass is 357 g/mol. The van der Waals surface area contributed by atoms with Crippen LogP contribution in [0.25, 0.3) is 0 Å². The minimum atomic E-state index is -3.64. The maximum atomic E-state index is 12.3. The van der Waals surface area contributed by atoms with Gasteiger partial charge in [0.25, 0.3) is 10.0 Å². The predicted molar refractivity (Wildman–Crippen MR) is 82.2 cm³/mol. The fraction of sp³-hybridized carbons (Fsp3) is 0.308. The smallest absolute Gasteiger partial charge is 0.280 e. The van der Waals surface area contributed by atoms with Gasteiger partial charge in [0, 0.05) is 22.9 Å². The molecule has 0 saturated heterocycles. The Hall–Kier alpha value is -1.34. The molecule has 1 aromatic carbocycles. The van der Waals surface area contributed by atoms with E-state index in [2.05, 4.69) is 25.6 Å². The molecule has 0 unspecified atom stereocenters. The van der Waals surface area contributed by atoms with E-state index in [-0.39, 0.29) is 5.03 Å². The molecule has 2 aromatic rings. The molecule has 0 spiro atoms. The Kier molecular flexibility index (Phi) is 4.49. The number of anilines is 1. The first-order valence-electron chi connectivity index (χ1n) is 6.24. The van der Waals surface area contributed by atoms with E-state index in [0.29, 0.717) is 11.5 Å². The van der Waals surface area contributed by atoms with Crippen LogP contribution in [0.4, 0.5) is 5.69 Å². The van der Waals surface area contributed by atoms with E-state index in [1.165, 1.54) is 0 Å². The summed E-state index contributed by atoms with van der Waals surface area (Å²) in [6, 6.07) is 6.94. The Morgan fingerprint density at radius 3 is 2.55 bits per heavy atom. The molecule has 0 aliphatic carbocycles. The maximum Gasteiger partial charge on any atom is 0.280 e. The molecule has 0 amide bonds. The third-order valence-corrected chi connectivity index (χ3v) is 4.57. The highest BCUT2D eigenvalue weighted by molar-refractivity contribution is 9.10. The number of hydrogen-bond donors (Lipinski definition) is 1. The average Bonchev–Trinajstić information content (AvgIpc) is 2.75. The fourth-order valence-corrected chi connectivity index (χ4v) is 3.13. The van der Waals surface area contributed by atoms with Crippen molar-refractivity contribution in [1.82, 2.24) is 9.55 Å². The first-order chi connectivity index (χ1) is 9.42. The van der Waals surface area contributed by atoms with Gasteiger partial charge in [0.15, 0.2) is 5.03 Å². The quantitative estimate of drug-likeness (QED) is 0.893. The molecule has 0 fully saturated rings. The van der Waals surface area contributed by atoms with Gasteiger partial charge >= 0.3 is 0 Å². The van der Waals surface area contributed by atoms with Gasteiger partial charge in [-0.1, -0.05) is 22.9 Å². The molecule has 2 rings (SSSR count). The van der Waals surface area contributed by atoms with Crippen LogP contribution in [0.2, 0.25) is 0 Å². The summed E-state index contributed by atoms with van der Waals surface area (Å²) < 4.78 is 29.8. The Labute approximate surface area is 127 Å². The summed E-state index contributed by atoms with van der Waals surface area (Å²) in [5, 5.41) is 0.0476. The van der Waals surface area contributed by atoms with Crippen molar-refractivity contribution in [2.24, 2.45) is 0 Å². The van der Waals surface area contributed by atoms with Gasteiger partial charge in [-0.25, -0.2) is 4.98 Å². The van der Waals surface area contributed by atoms with Crippen LogP contribution in [0.5, 0.6) is 0 Å². The van der Waals surface area contributed by atoms with Crippen LogP contribution in [0.3, 0.4) is 0 Å². The predicted octanol–water partition coefficient (Wildman–Crippen LogP) is 3.16. The van der Waals surface area contributed by atoms with Gasteiger partial charge in [-0.2, -0.15) is 8.42 Å². The van der Waals surface area contributed by atoms with Crippen LogP contribution >= 0.6 is 15.9 Å². The van der Waals surface area contributed by atoms with Crippen molar-refractivity contribution in [3.8, 4) is 0 Å². The van der Waals surface area contributed by atoms with Gasteiger partial charge < -0.3 is 4.57 Å². The molecule has 5 nitrogen and oxygen atoms in total. The standard InChI is InChI=1S/C13H16BrN3O2S/c1-3-8-17-9-13(15-10(17)2)20(18,19)16-12-6-4-11(14)5-7-12/h4-7,9,16H,3,8H2,1-2H3. The number of nitrogens with one attached hydrogen (secondary N) is 1. The molecule has 1 aromatic heterocycles. The molecule has 1 heterocycles. The Morgan fingerprint density at radius 2 is 1.95 bits per heavy atom. The van der Waals surface area contributed by atoms with Gasteiger partial charge in [-0.05, 0) is 37.6 Å². The normalized spacial score (nSPS) is 11.6. The first kappa shape index (κ1) is 15.1. The SMILES string of the molecule is CCCn1cc(S(=O)(=O)Nc2ccc(Br)cc2)nc1C. The number of aromatic nitrogens is 2. The summed E-state index contributed by atoms with van der Waals surface area (Å²) in [4.78, 5) is 4.12. The molecular formula is C13H16BrN3O2S. The van der Waals surface area contributed by atoms with Crippen molar-refractivity contribution < 1.29 is 8.42 Å². The lowest BCUT2D eigenvalue weighted by atomic mass is 10.3. The molecule has 0 aliphatic rings. The highest BCUT2D eigenvalue weighted by Crippen LogP contribution is 2.18. The van der Waals surface area contributed by atoms with Gasteiger partial charge in [0.05, 0.1) is 0 Å². The lowest BCUT2D eigenvalue weighted by Crippen LogP contribution is -2.13. The molecular weight excluding hydrogens is 342 g/mol. The summed E-state index contributed by atoms with van der Waals surface area (Å²) in [6.07, 6.45) is 2.50. The minimum absolute atomic E-state index is 0.0476. The van der Waals surface area contributed by atoms with E-state index < -0.39 is 10.0 Å². The van der Waals surface area contributed by atoms with Gasteiger partial charge in [0.2, 0.25) is 0 Å². The summed E-state index contributed by atoms with van der Waals surface area (Å²) in [7, 11) is -3.64. The molecule has 108 valence electrons. The number of nitrogens with zero attached hydrogens (tertiary/aromatic N) is 2. The van der Waals surface area contributed by atoms with E-state index in [1.807, 2.05) is 11.5 Å². The van der Waals surface area contributed by atoms with Gasteiger partial charge in [0.1, 0.15) is 5.82 Å². The highest BCUT2D eigenvalue weighted by Gasteiger charge is 2.19. The van der Waals surface area contributed by atoms with Crippen LogP contribution < -0.4 is 4.72 Å². The lowest BCUT2D eigenvalue weighted by molar-refractivity contribution is 0.597. The van der Waals surface area contributed by atoms with Crippen molar-refractivity contribution in [3.05, 3.63) is 40.8 Å². The number of aryl methyl sites for hydroxylation is 2. The Morgan fingerprint density at radius 1 is 1.30 bits per heavy atom. The molecule has 0 bridgehead atoms. The summed E-state index contributed by atoms with van der Waals surface area (Å²) in [5.74, 6) is 0.697. The van der Waals surface area contributed by atoms with E-state index in [4.69, 9.17) is 0 Å². The molecule has 0 radical (unpaired) electrons. The molecule has 20 heavy (non-hydrogen) atoms. The second-order valence-corrected chi connectivity index (χ2v) is 6.98. The Bertz CT molecular complexity index is 693. The van der Waals surface area contributed by atoms with E-state index in [9.17, 15) is 8.42 Å². The third-order valence-electron chi connectivity index (χ3n) is 2.79. The highest BCUT2D eigenvalue weighted by atomic mass is 79.9. The summed E-state index contributed by atoms with van der Waals surface area (Å²) in [6.45, 7) is 4.59. The Balaban J connectivity index is 2.26. The number of halogens is 1. The molecule has 0 saturated carbocycles. The summed E-state index contributed by atoms with van der Waals surface area (Å²) >= 11 is 3.31. The number of benzene rings is 1. The minimum Gasteiger partial charge on any atom is -0.334 e. The number of sulfonamides is 1. The van der Waals surface area contributed by atoms with Crippen molar-refractivity contribution in [2.75, 3.05) is 4.72 Å². The van der Waals surface area contributed by atoms with Crippen LogP contribution in [-0.2, 0) is 16.6 Å². The van der Waals surface area contributed by atoms with Gasteiger partial charge in [-0.15, -0.1) is 0 Å². The largest absolute Gasteiger partial charge is 0.334 e. The zero-order chi connectivity index (χ0) is 14.8. The zero-order valence-corrected chi connectivity index (χ0v) is 13.7. The van der Waals surface area contributed by atoms with Crippen molar-refractivity contribution in [3.63, 3.8) is 0 Å². The molecule has 0 atom stereocenters. The average molecular weight is 358 g/mol. The topological polar surface area (TPSA) is 64.0 Å². The summed E-state index contributed by atoms with van der Waals surface area (Å²) in [5.41, 5.74) is 0.510. The van der Waals surface area contributed by atoms with Gasteiger partial charge in [-0.3, -0.25) is 4.72 Å². The van der Waals surface area contributed by atoms with Crippen LogP contribution in [0.1, 0.15) is 19.2 Å². The van der Waals surface area contributed by atoms with E-state index in [0.717, 1.165) is 17.4 Å². The molecule has 0 aliphatic heterocycles. The second-order valence-electron chi connectivity index (χ2n) is 4.43. The molecule has 7 heteroatoms. The van der Waals surface area contributed by atoms with E-state index >= 15 is 0 Å². The lowest BCUT2D eigenvalue weighted by Gasteiger charge is -2.05. The first-order valence-corrected chi connectivity index (χ1v) is 8.52. The third kappa shape index (κ3) is 3.40.